The predicted octanol–water partition coefficient (Wildman–Crippen LogP) is 9.14. The van der Waals surface area contributed by atoms with E-state index in [-0.39, 0.29) is 54.0 Å². The van der Waals surface area contributed by atoms with Gasteiger partial charge in [-0.15, -0.1) is 0 Å². The second-order valence-electron chi connectivity index (χ2n) is 16.9. The minimum absolute atomic E-state index is 0.0354. The van der Waals surface area contributed by atoms with Crippen molar-refractivity contribution in [3.05, 3.63) is 130 Å². The molecule has 7 nitrogen and oxygen atoms in total. The van der Waals surface area contributed by atoms with Gasteiger partial charge in [0.05, 0.1) is 11.0 Å². The Bertz CT molecular complexity index is 2200. The number of aliphatic hydroxyl groups is 1. The van der Waals surface area contributed by atoms with Crippen LogP contribution in [0.2, 0.25) is 0 Å². The molecule has 1 saturated heterocycles. The van der Waals surface area contributed by atoms with Crippen LogP contribution in [-0.2, 0) is 25.5 Å². The predicted molar refractivity (Wildman–Crippen MR) is 212 cm³/mol. The summed E-state index contributed by atoms with van der Waals surface area (Å²) in [5, 5.41) is 24.6. The minimum atomic E-state index is -0.885. The molecule has 7 aliphatic rings. The first-order valence-electron chi connectivity index (χ1n) is 20.3. The van der Waals surface area contributed by atoms with E-state index >= 15 is 0 Å². The molecule has 3 aromatic rings. The number of hydrogen-bond donors (Lipinski definition) is 3. The van der Waals surface area contributed by atoms with Gasteiger partial charge in [0.1, 0.15) is 17.3 Å². The van der Waals surface area contributed by atoms with Crippen LogP contribution in [0.25, 0.3) is 16.7 Å². The molecule has 55 heavy (non-hydrogen) atoms. The summed E-state index contributed by atoms with van der Waals surface area (Å²) in [6.45, 7) is 4.23. The van der Waals surface area contributed by atoms with Crippen LogP contribution >= 0.6 is 0 Å². The second kappa shape index (κ2) is 13.8. The number of fused-ring (bicyclic) bond motifs is 5. The minimum Gasteiger partial charge on any atom is -0.508 e. The van der Waals surface area contributed by atoms with Crippen LogP contribution in [0.4, 0.5) is 0 Å². The van der Waals surface area contributed by atoms with Crippen molar-refractivity contribution in [2.75, 3.05) is 13.7 Å². The molecule has 284 valence electrons. The van der Waals surface area contributed by atoms with Gasteiger partial charge in [-0.25, -0.2) is 9.59 Å². The first kappa shape index (κ1) is 35.9. The summed E-state index contributed by atoms with van der Waals surface area (Å²) in [5.41, 5.74) is 7.33. The van der Waals surface area contributed by atoms with E-state index in [0.29, 0.717) is 41.9 Å². The topological polar surface area (TPSA) is 105 Å². The number of benzene rings is 3. The van der Waals surface area contributed by atoms with Gasteiger partial charge in [-0.05, 0) is 152 Å². The first-order chi connectivity index (χ1) is 26.7. The number of allylic oxidation sites excluding steroid dienone is 5. The molecular formula is C48H51NO6. The number of hydrogen-bond acceptors (Lipinski definition) is 7. The lowest BCUT2D eigenvalue weighted by Crippen LogP contribution is -2.59. The average molecular weight is 738 g/mol. The van der Waals surface area contributed by atoms with Crippen molar-refractivity contribution in [1.82, 2.24) is 5.32 Å². The molecule has 10 rings (SSSR count). The van der Waals surface area contributed by atoms with E-state index in [1.807, 2.05) is 38.2 Å². The molecule has 5 aliphatic carbocycles. The summed E-state index contributed by atoms with van der Waals surface area (Å²) in [6, 6.07) is 24.8. The highest BCUT2D eigenvalue weighted by molar-refractivity contribution is 6.08. The summed E-state index contributed by atoms with van der Waals surface area (Å²) in [6.07, 6.45) is 11.2. The Hall–Kier alpha value is -4.72. The Morgan fingerprint density at radius 1 is 0.927 bits per heavy atom. The number of phenolic OH excluding ortho intramolecular Hbond substituents is 1. The van der Waals surface area contributed by atoms with E-state index in [0.717, 1.165) is 66.4 Å². The molecular weight excluding hydrogens is 687 g/mol. The lowest BCUT2D eigenvalue weighted by atomic mass is 9.37. The van der Waals surface area contributed by atoms with Crippen LogP contribution < -0.4 is 5.32 Å². The number of rotatable bonds is 8. The van der Waals surface area contributed by atoms with Crippen molar-refractivity contribution in [3.63, 3.8) is 0 Å². The third-order valence-corrected chi connectivity index (χ3v) is 14.1. The third kappa shape index (κ3) is 5.52. The molecule has 2 heterocycles. The van der Waals surface area contributed by atoms with E-state index in [1.54, 1.807) is 6.07 Å². The van der Waals surface area contributed by atoms with Crippen molar-refractivity contribution in [2.24, 2.45) is 34.5 Å². The fraction of sp³-hybridized carbons (Fsp3) is 0.417. The zero-order valence-corrected chi connectivity index (χ0v) is 32.1. The number of phenols is 1. The summed E-state index contributed by atoms with van der Waals surface area (Å²) < 4.78 is 12.8. The molecule has 6 bridgehead atoms. The summed E-state index contributed by atoms with van der Waals surface area (Å²) in [5.74, 6) is 0.548. The van der Waals surface area contributed by atoms with Crippen molar-refractivity contribution >= 4 is 17.5 Å². The number of esters is 2. The molecule has 0 unspecified atom stereocenters. The summed E-state index contributed by atoms with van der Waals surface area (Å²) in [4.78, 5) is 29.4. The van der Waals surface area contributed by atoms with E-state index in [4.69, 9.17) is 9.47 Å². The Morgan fingerprint density at radius 3 is 2.55 bits per heavy atom. The van der Waals surface area contributed by atoms with Crippen LogP contribution in [0.3, 0.4) is 0 Å². The molecule has 1 saturated carbocycles. The van der Waals surface area contributed by atoms with Gasteiger partial charge in [0.2, 0.25) is 0 Å². The Labute approximate surface area is 323 Å². The van der Waals surface area contributed by atoms with Crippen molar-refractivity contribution in [3.8, 4) is 16.9 Å². The number of ether oxygens (including phenoxy) is 2. The van der Waals surface area contributed by atoms with Gasteiger partial charge in [0, 0.05) is 29.7 Å². The highest BCUT2D eigenvalue weighted by atomic mass is 16.5. The number of cyclic esters (lactones) is 2. The maximum Gasteiger partial charge on any atom is 0.340 e. The fourth-order valence-electron chi connectivity index (χ4n) is 11.5. The Morgan fingerprint density at radius 2 is 1.76 bits per heavy atom. The van der Waals surface area contributed by atoms with E-state index in [2.05, 4.69) is 66.8 Å². The number of carbonyl (C=O) groups excluding carboxylic acids is 2. The first-order valence-corrected chi connectivity index (χ1v) is 20.3. The molecule has 3 N–H and O–H groups in total. The maximum atomic E-state index is 14.9. The lowest BCUT2D eigenvalue weighted by Gasteiger charge is -2.63. The van der Waals surface area contributed by atoms with Crippen LogP contribution in [0.5, 0.6) is 5.75 Å². The Balaban J connectivity index is 1.34. The van der Waals surface area contributed by atoms with Gasteiger partial charge >= 0.3 is 11.9 Å². The molecule has 3 aromatic carbocycles. The zero-order chi connectivity index (χ0) is 38.1. The normalized spacial score (nSPS) is 30.3. The zero-order valence-electron chi connectivity index (χ0n) is 32.1. The fourth-order valence-corrected chi connectivity index (χ4v) is 11.5. The van der Waals surface area contributed by atoms with Gasteiger partial charge < -0.3 is 25.0 Å². The van der Waals surface area contributed by atoms with Crippen LogP contribution in [0, 0.1) is 34.5 Å². The van der Waals surface area contributed by atoms with Crippen LogP contribution in [-0.4, -0.2) is 35.8 Å². The number of aliphatic hydroxyl groups excluding tert-OH is 1. The SMILES string of the molecule is CC[C@H](C=C1OC(=O)C2=C3c4cc(O)ccc4-c4cccc(c4)[C@H](NC)CC[C@]45CCC6=C(C(=O)OC6=CC[C@H](C)CO)[C@@H]4[C@@]12CC[C@H]35)Cc1ccccc1. The molecule has 0 aromatic heterocycles. The largest absolute Gasteiger partial charge is 0.508 e. The maximum absolute atomic E-state index is 14.9. The highest BCUT2D eigenvalue weighted by Crippen LogP contribution is 2.77. The van der Waals surface area contributed by atoms with Gasteiger partial charge in [-0.2, -0.15) is 0 Å². The molecule has 0 radical (unpaired) electrons. The molecule has 0 amide bonds. The standard InChI is InChI=1S/C48H51NO6/c1-4-29(23-30-9-6-5-7-10-30)24-40-48-22-18-37-41(43(48)46(53)55-40)36-26-33(51)14-15-34(36)31-11-8-12-32(25-31)38(49-3)19-21-47(37)20-17-35-39(16-13-28(2)27-50)54-45(52)42(35)44(47)48/h5-12,14-16,24-26,28-29,37-38,44,49-51H,4,13,17-23,27H2,1-3H3/t28-,29-,37+,38+,44-,47-,48-/m0/s1. The van der Waals surface area contributed by atoms with Crippen LogP contribution in [0.15, 0.2) is 113 Å². The quantitative estimate of drug-likeness (QED) is 0.198. The summed E-state index contributed by atoms with van der Waals surface area (Å²) in [7, 11) is 2.02. The van der Waals surface area contributed by atoms with E-state index in [1.165, 1.54) is 11.1 Å². The molecule has 7 heteroatoms. The van der Waals surface area contributed by atoms with Crippen molar-refractivity contribution < 1.29 is 29.3 Å². The average Bonchev–Trinajstić information content (AvgIpc) is 3.68. The van der Waals surface area contributed by atoms with Gasteiger partial charge in [-0.3, -0.25) is 0 Å². The summed E-state index contributed by atoms with van der Waals surface area (Å²) >= 11 is 0. The van der Waals surface area contributed by atoms with Crippen molar-refractivity contribution in [2.45, 2.75) is 77.7 Å². The smallest absolute Gasteiger partial charge is 0.340 e. The van der Waals surface area contributed by atoms with Crippen molar-refractivity contribution in [1.29, 1.82) is 0 Å². The Kier molecular flexibility index (Phi) is 9.01. The molecule has 7 atom stereocenters. The van der Waals surface area contributed by atoms with Gasteiger partial charge in [0.25, 0.3) is 0 Å². The third-order valence-electron chi connectivity index (χ3n) is 14.1. The monoisotopic (exact) mass is 737 g/mol. The van der Waals surface area contributed by atoms with Crippen LogP contribution in [0.1, 0.15) is 87.9 Å². The van der Waals surface area contributed by atoms with E-state index < -0.39 is 10.8 Å². The highest BCUT2D eigenvalue weighted by Gasteiger charge is 2.73. The van der Waals surface area contributed by atoms with Gasteiger partial charge in [0.15, 0.2) is 0 Å². The molecule has 2 spiro atoms. The number of nitrogens with one attached hydrogen (secondary N) is 1. The number of carbonyl (C=O) groups is 2. The number of aromatic hydroxyl groups is 1. The molecule has 2 aliphatic heterocycles. The second-order valence-corrected chi connectivity index (χ2v) is 16.9. The molecule has 2 fully saturated rings. The lowest BCUT2D eigenvalue weighted by molar-refractivity contribution is -0.136. The van der Waals surface area contributed by atoms with E-state index in [9.17, 15) is 19.8 Å². The van der Waals surface area contributed by atoms with Gasteiger partial charge in [-0.1, -0.05) is 68.4 Å².